The van der Waals surface area contributed by atoms with Gasteiger partial charge in [-0.3, -0.25) is 0 Å². The van der Waals surface area contributed by atoms with Crippen molar-refractivity contribution in [3.05, 3.63) is 27.5 Å². The molecule has 0 bridgehead atoms. The number of hydrogen-bond donors (Lipinski definition) is 0. The summed E-state index contributed by atoms with van der Waals surface area (Å²) in [5, 5.41) is 8.60. The van der Waals surface area contributed by atoms with Crippen LogP contribution < -0.4 is 0 Å². The molecule has 0 aliphatic carbocycles. The molecule has 0 unspecified atom stereocenters. The molecule has 1 aromatic heterocycles. The molecular weight excluding hydrogens is 277 g/mol. The highest BCUT2D eigenvalue weighted by molar-refractivity contribution is 9.10. The molecule has 2 nitrogen and oxygen atoms in total. The molecule has 0 atom stereocenters. The topological polar surface area (TPSA) is 36.7 Å². The van der Waals surface area contributed by atoms with Crippen LogP contribution in [0.2, 0.25) is 0 Å². The highest BCUT2D eigenvalue weighted by atomic mass is 79.9. The molecule has 0 aliphatic rings. The van der Waals surface area contributed by atoms with Gasteiger partial charge in [0.25, 0.3) is 6.43 Å². The van der Waals surface area contributed by atoms with Crippen LogP contribution in [0.4, 0.5) is 8.78 Å². The molecule has 0 spiro atoms. The van der Waals surface area contributed by atoms with Crippen LogP contribution in [0.1, 0.15) is 23.2 Å². The second kappa shape index (κ2) is 4.67. The van der Waals surface area contributed by atoms with Gasteiger partial charge in [0.15, 0.2) is 0 Å². The molecule has 1 rings (SSSR count). The summed E-state index contributed by atoms with van der Waals surface area (Å²) in [6, 6.07) is 2.97. The number of rotatable bonds is 2. The summed E-state index contributed by atoms with van der Waals surface area (Å²) in [5.41, 5.74) is -0.139. The van der Waals surface area contributed by atoms with Crippen LogP contribution >= 0.6 is 27.5 Å². The van der Waals surface area contributed by atoms with Gasteiger partial charge in [0.05, 0.1) is 11.4 Å². The lowest BCUT2D eigenvalue weighted by Crippen LogP contribution is -1.98. The lowest BCUT2D eigenvalue weighted by atomic mass is 10.1. The molecule has 14 heavy (non-hydrogen) atoms. The van der Waals surface area contributed by atoms with Crippen molar-refractivity contribution >= 4 is 27.5 Å². The fraction of sp³-hybridized carbons (Fsp3) is 0.250. The van der Waals surface area contributed by atoms with Crippen molar-refractivity contribution in [3.63, 3.8) is 0 Å². The second-order valence-electron chi connectivity index (χ2n) is 2.42. The first-order valence-electron chi connectivity index (χ1n) is 3.53. The van der Waals surface area contributed by atoms with Crippen LogP contribution in [0.25, 0.3) is 0 Å². The van der Waals surface area contributed by atoms with Gasteiger partial charge in [-0.05, 0) is 22.0 Å². The molecular formula is C8H4BrClF2N2. The average Bonchev–Trinajstić information content (AvgIpc) is 2.17. The van der Waals surface area contributed by atoms with Crippen molar-refractivity contribution in [1.82, 2.24) is 4.98 Å². The predicted molar refractivity (Wildman–Crippen MR) is 51.2 cm³/mol. The van der Waals surface area contributed by atoms with E-state index in [1.807, 2.05) is 0 Å². The first-order chi connectivity index (χ1) is 6.60. The number of aromatic nitrogens is 1. The first kappa shape index (κ1) is 11.3. The molecule has 0 saturated heterocycles. The first-order valence-corrected chi connectivity index (χ1v) is 4.86. The minimum atomic E-state index is -2.76. The second-order valence-corrected chi connectivity index (χ2v) is 3.44. The minimum absolute atomic E-state index is 0.117. The van der Waals surface area contributed by atoms with Crippen molar-refractivity contribution in [2.75, 3.05) is 0 Å². The van der Waals surface area contributed by atoms with Crippen molar-refractivity contribution in [2.45, 2.75) is 12.3 Å². The Morgan fingerprint density at radius 3 is 2.71 bits per heavy atom. The molecule has 6 heteroatoms. The van der Waals surface area contributed by atoms with E-state index in [-0.39, 0.29) is 16.0 Å². The molecule has 0 aromatic carbocycles. The zero-order valence-electron chi connectivity index (χ0n) is 6.77. The van der Waals surface area contributed by atoms with Crippen molar-refractivity contribution in [2.24, 2.45) is 0 Å². The van der Waals surface area contributed by atoms with Gasteiger partial charge in [-0.2, -0.15) is 5.26 Å². The van der Waals surface area contributed by atoms with Crippen molar-refractivity contribution < 1.29 is 8.78 Å². The molecule has 74 valence electrons. The van der Waals surface area contributed by atoms with E-state index >= 15 is 0 Å². The zero-order valence-corrected chi connectivity index (χ0v) is 9.11. The van der Waals surface area contributed by atoms with Crippen LogP contribution in [-0.4, -0.2) is 4.98 Å². The fourth-order valence-corrected chi connectivity index (χ4v) is 1.71. The van der Waals surface area contributed by atoms with E-state index in [4.69, 9.17) is 16.9 Å². The summed E-state index contributed by atoms with van der Waals surface area (Å²) in [7, 11) is 0. The third kappa shape index (κ3) is 2.20. The third-order valence-electron chi connectivity index (χ3n) is 1.55. The van der Waals surface area contributed by atoms with E-state index in [0.717, 1.165) is 0 Å². The SMILES string of the molecule is N#Cc1cc(CCl)c(Br)nc1C(F)F. The van der Waals surface area contributed by atoms with E-state index < -0.39 is 12.1 Å². The van der Waals surface area contributed by atoms with Crippen molar-refractivity contribution in [1.29, 1.82) is 5.26 Å². The Morgan fingerprint density at radius 1 is 1.64 bits per heavy atom. The minimum Gasteiger partial charge on any atom is -0.238 e. The smallest absolute Gasteiger partial charge is 0.238 e. The van der Waals surface area contributed by atoms with Gasteiger partial charge in [0, 0.05) is 5.56 Å². The number of nitrogens with zero attached hydrogens (tertiary/aromatic N) is 2. The van der Waals surface area contributed by atoms with Gasteiger partial charge in [-0.15, -0.1) is 11.6 Å². The predicted octanol–water partition coefficient (Wildman–Crippen LogP) is 3.39. The van der Waals surface area contributed by atoms with Crippen LogP contribution in [0.3, 0.4) is 0 Å². The molecule has 0 amide bonds. The van der Waals surface area contributed by atoms with Gasteiger partial charge >= 0.3 is 0 Å². The van der Waals surface area contributed by atoms with E-state index in [0.29, 0.717) is 5.56 Å². The molecule has 0 aliphatic heterocycles. The lowest BCUT2D eigenvalue weighted by Gasteiger charge is -2.05. The summed E-state index contributed by atoms with van der Waals surface area (Å²) < 4.78 is 25.0. The van der Waals surface area contributed by atoms with E-state index in [1.165, 1.54) is 6.07 Å². The van der Waals surface area contributed by atoms with Gasteiger partial charge < -0.3 is 0 Å². The number of pyridine rings is 1. The molecule has 0 saturated carbocycles. The molecule has 1 heterocycles. The quantitative estimate of drug-likeness (QED) is 0.615. The van der Waals surface area contributed by atoms with Crippen molar-refractivity contribution in [3.8, 4) is 6.07 Å². The number of halogens is 4. The van der Waals surface area contributed by atoms with Gasteiger partial charge in [0.2, 0.25) is 0 Å². The molecule has 0 fully saturated rings. The maximum Gasteiger partial charge on any atom is 0.281 e. The Hall–Kier alpha value is -0.730. The highest BCUT2D eigenvalue weighted by Crippen LogP contribution is 2.26. The van der Waals surface area contributed by atoms with Gasteiger partial charge in [0.1, 0.15) is 16.4 Å². The lowest BCUT2D eigenvalue weighted by molar-refractivity contribution is 0.145. The number of nitriles is 1. The normalized spacial score (nSPS) is 10.3. The number of hydrogen-bond acceptors (Lipinski definition) is 2. The number of alkyl halides is 3. The average molecular weight is 281 g/mol. The summed E-state index contributed by atoms with van der Waals surface area (Å²) in [5.74, 6) is 0.117. The third-order valence-corrected chi connectivity index (χ3v) is 2.52. The van der Waals surface area contributed by atoms with Crippen LogP contribution in [0.5, 0.6) is 0 Å². The maximum absolute atomic E-state index is 12.4. The maximum atomic E-state index is 12.4. The highest BCUT2D eigenvalue weighted by Gasteiger charge is 2.17. The van der Waals surface area contributed by atoms with E-state index in [9.17, 15) is 8.78 Å². The summed E-state index contributed by atoms with van der Waals surface area (Å²) in [6.45, 7) is 0. The Bertz CT molecular complexity index is 390. The summed E-state index contributed by atoms with van der Waals surface area (Å²) in [4.78, 5) is 3.57. The molecule has 0 radical (unpaired) electrons. The summed E-state index contributed by atoms with van der Waals surface area (Å²) in [6.07, 6.45) is -2.76. The van der Waals surface area contributed by atoms with Gasteiger partial charge in [-0.1, -0.05) is 0 Å². The standard InChI is InChI=1S/C8H4BrClF2N2/c9-7-4(2-10)1-5(3-13)6(14-7)8(11)12/h1,8H,2H2. The Balaban J connectivity index is 3.33. The van der Waals surface area contributed by atoms with Crippen LogP contribution in [0.15, 0.2) is 10.7 Å². The Morgan fingerprint density at radius 2 is 2.29 bits per heavy atom. The zero-order chi connectivity index (χ0) is 10.7. The monoisotopic (exact) mass is 280 g/mol. The van der Waals surface area contributed by atoms with E-state index in [2.05, 4.69) is 20.9 Å². The Kier molecular flexibility index (Phi) is 3.78. The van der Waals surface area contributed by atoms with Crippen LogP contribution in [0, 0.1) is 11.3 Å². The molecule has 0 N–H and O–H groups in total. The van der Waals surface area contributed by atoms with Crippen LogP contribution in [-0.2, 0) is 5.88 Å². The van der Waals surface area contributed by atoms with Gasteiger partial charge in [-0.25, -0.2) is 13.8 Å². The molecule has 1 aromatic rings. The summed E-state index contributed by atoms with van der Waals surface area (Å²) >= 11 is 8.53. The fourth-order valence-electron chi connectivity index (χ4n) is 0.895. The van der Waals surface area contributed by atoms with E-state index in [1.54, 1.807) is 6.07 Å². The Labute approximate surface area is 92.6 Å². The largest absolute Gasteiger partial charge is 0.281 e.